The van der Waals surface area contributed by atoms with E-state index < -0.39 is 5.82 Å². The van der Waals surface area contributed by atoms with Crippen molar-refractivity contribution in [1.29, 1.82) is 0 Å². The van der Waals surface area contributed by atoms with Gasteiger partial charge in [0.15, 0.2) is 11.0 Å². The molecule has 11 heavy (non-hydrogen) atoms. The molecule has 2 N–H and O–H groups in total. The fraction of sp³-hybridized carbons (Fsp3) is 0. The highest BCUT2D eigenvalue weighted by Gasteiger charge is 2.07. The Morgan fingerprint density at radius 2 is 2.36 bits per heavy atom. The molecule has 1 heterocycles. The molecule has 2 nitrogen and oxygen atoms in total. The Kier molecular flexibility index (Phi) is 1.97. The summed E-state index contributed by atoms with van der Waals surface area (Å²) < 4.78 is 12.8. The van der Waals surface area contributed by atoms with Crippen LogP contribution in [-0.4, -0.2) is 4.98 Å². The monoisotopic (exact) mass is 170 g/mol. The first-order chi connectivity index (χ1) is 5.16. The lowest BCUT2D eigenvalue weighted by Crippen LogP contribution is -1.97. The smallest absolute Gasteiger partial charge is 0.184 e. The van der Waals surface area contributed by atoms with Gasteiger partial charge >= 0.3 is 0 Å². The van der Waals surface area contributed by atoms with Crippen LogP contribution in [0.2, 0.25) is 5.15 Å². The molecule has 0 atom stereocenters. The van der Waals surface area contributed by atoms with Gasteiger partial charge in [-0.15, -0.1) is 6.42 Å². The molecule has 0 fully saturated rings. The van der Waals surface area contributed by atoms with Gasteiger partial charge in [0, 0.05) is 6.20 Å². The highest BCUT2D eigenvalue weighted by atomic mass is 35.5. The van der Waals surface area contributed by atoms with E-state index in [0.717, 1.165) is 0 Å². The fourth-order valence-corrected chi connectivity index (χ4v) is 0.742. The van der Waals surface area contributed by atoms with Crippen LogP contribution in [0.5, 0.6) is 0 Å². The summed E-state index contributed by atoms with van der Waals surface area (Å²) in [5.41, 5.74) is 5.33. The van der Waals surface area contributed by atoms with Gasteiger partial charge in [-0.2, -0.15) is 0 Å². The Morgan fingerprint density at radius 1 is 1.73 bits per heavy atom. The molecular weight excluding hydrogens is 167 g/mol. The highest BCUT2D eigenvalue weighted by molar-refractivity contribution is 6.29. The molecule has 0 spiro atoms. The van der Waals surface area contributed by atoms with Crippen molar-refractivity contribution in [3.63, 3.8) is 0 Å². The van der Waals surface area contributed by atoms with E-state index in [9.17, 15) is 4.39 Å². The molecule has 56 valence electrons. The average Bonchev–Trinajstić information content (AvgIpc) is 2.01. The van der Waals surface area contributed by atoms with Gasteiger partial charge in [0.05, 0.1) is 11.3 Å². The van der Waals surface area contributed by atoms with E-state index >= 15 is 0 Å². The van der Waals surface area contributed by atoms with Gasteiger partial charge in [-0.3, -0.25) is 0 Å². The summed E-state index contributed by atoms with van der Waals surface area (Å²) in [7, 11) is 0. The molecule has 0 saturated carbocycles. The van der Waals surface area contributed by atoms with Crippen molar-refractivity contribution in [2.24, 2.45) is 0 Å². The Labute approximate surface area is 68.2 Å². The second-order valence-corrected chi connectivity index (χ2v) is 2.19. The third kappa shape index (κ3) is 1.26. The lowest BCUT2D eigenvalue weighted by atomic mass is 10.2. The number of nitrogens with two attached hydrogens (primary N) is 1. The maximum atomic E-state index is 12.8. The van der Waals surface area contributed by atoms with E-state index in [1.165, 1.54) is 6.20 Å². The standard InChI is InChI=1S/C7H4ClFN2/c1-2-4-3-11-7(8)5(9)6(4)10/h1,3H,(H2,10,11). The molecule has 0 bridgehead atoms. The summed E-state index contributed by atoms with van der Waals surface area (Å²) in [6.07, 6.45) is 6.24. The largest absolute Gasteiger partial charge is 0.395 e. The number of halogens is 2. The number of pyridine rings is 1. The highest BCUT2D eigenvalue weighted by Crippen LogP contribution is 2.20. The van der Waals surface area contributed by atoms with Crippen molar-refractivity contribution in [2.45, 2.75) is 0 Å². The molecule has 0 aliphatic carbocycles. The zero-order valence-electron chi connectivity index (χ0n) is 5.44. The molecular formula is C7H4ClFN2. The van der Waals surface area contributed by atoms with Crippen molar-refractivity contribution < 1.29 is 4.39 Å². The number of aromatic nitrogens is 1. The molecule has 1 aromatic heterocycles. The van der Waals surface area contributed by atoms with Gasteiger partial charge in [0.1, 0.15) is 0 Å². The lowest BCUT2D eigenvalue weighted by Gasteiger charge is -1.99. The Hall–Kier alpha value is -1.27. The third-order valence-corrected chi connectivity index (χ3v) is 1.43. The number of rotatable bonds is 0. The van der Waals surface area contributed by atoms with Crippen LogP contribution in [0.1, 0.15) is 5.56 Å². The Balaban J connectivity index is 3.40. The predicted molar refractivity (Wildman–Crippen MR) is 41.6 cm³/mol. The van der Waals surface area contributed by atoms with E-state index in [2.05, 4.69) is 10.9 Å². The summed E-state index contributed by atoms with van der Waals surface area (Å²) in [6, 6.07) is 0. The van der Waals surface area contributed by atoms with Crippen molar-refractivity contribution in [1.82, 2.24) is 4.98 Å². The first-order valence-electron chi connectivity index (χ1n) is 2.73. The first-order valence-corrected chi connectivity index (χ1v) is 3.10. The summed E-state index contributed by atoms with van der Waals surface area (Å²) in [5, 5.41) is -0.262. The van der Waals surface area contributed by atoms with Crippen LogP contribution >= 0.6 is 11.6 Å². The van der Waals surface area contributed by atoms with E-state index in [1.807, 2.05) is 0 Å². The maximum Gasteiger partial charge on any atom is 0.184 e. The number of hydrogen-bond acceptors (Lipinski definition) is 2. The molecule has 0 saturated heterocycles. The quantitative estimate of drug-likeness (QED) is 0.473. The van der Waals surface area contributed by atoms with Crippen LogP contribution in [-0.2, 0) is 0 Å². The van der Waals surface area contributed by atoms with E-state index in [4.69, 9.17) is 23.8 Å². The van der Waals surface area contributed by atoms with Crippen molar-refractivity contribution in [2.75, 3.05) is 5.73 Å². The second-order valence-electron chi connectivity index (χ2n) is 1.83. The molecule has 0 aliphatic heterocycles. The predicted octanol–water partition coefficient (Wildman–Crippen LogP) is 1.44. The molecule has 0 amide bonds. The fourth-order valence-electron chi connectivity index (χ4n) is 0.592. The topological polar surface area (TPSA) is 38.9 Å². The number of terminal acetylenes is 1. The van der Waals surface area contributed by atoms with Crippen molar-refractivity contribution >= 4 is 17.3 Å². The minimum absolute atomic E-state index is 0.132. The van der Waals surface area contributed by atoms with Crippen LogP contribution in [0.4, 0.5) is 10.1 Å². The lowest BCUT2D eigenvalue weighted by molar-refractivity contribution is 0.626. The van der Waals surface area contributed by atoms with Gasteiger partial charge < -0.3 is 5.73 Å². The number of nitrogen functional groups attached to an aromatic ring is 1. The zero-order chi connectivity index (χ0) is 8.43. The number of hydrogen-bond donors (Lipinski definition) is 1. The van der Waals surface area contributed by atoms with Crippen LogP contribution in [0.25, 0.3) is 0 Å². The van der Waals surface area contributed by atoms with E-state index in [-0.39, 0.29) is 16.4 Å². The van der Waals surface area contributed by atoms with Gasteiger partial charge in [-0.1, -0.05) is 17.5 Å². The Morgan fingerprint density at radius 3 is 2.91 bits per heavy atom. The summed E-state index contributed by atoms with van der Waals surface area (Å²) in [6.45, 7) is 0. The molecule has 0 aliphatic rings. The summed E-state index contributed by atoms with van der Waals surface area (Å²) in [4.78, 5) is 3.48. The van der Waals surface area contributed by atoms with Gasteiger partial charge in [0.25, 0.3) is 0 Å². The second kappa shape index (κ2) is 2.77. The maximum absolute atomic E-state index is 12.8. The third-order valence-electron chi connectivity index (χ3n) is 1.17. The molecule has 0 unspecified atom stereocenters. The molecule has 4 heteroatoms. The van der Waals surface area contributed by atoms with Crippen LogP contribution in [0.3, 0.4) is 0 Å². The van der Waals surface area contributed by atoms with Crippen LogP contribution < -0.4 is 5.73 Å². The van der Waals surface area contributed by atoms with Crippen molar-refractivity contribution in [3.8, 4) is 12.3 Å². The normalized spacial score (nSPS) is 9.18. The van der Waals surface area contributed by atoms with Crippen LogP contribution in [0, 0.1) is 18.2 Å². The minimum atomic E-state index is -0.762. The van der Waals surface area contributed by atoms with E-state index in [0.29, 0.717) is 0 Å². The summed E-state index contributed by atoms with van der Waals surface area (Å²) in [5.74, 6) is 1.42. The van der Waals surface area contributed by atoms with E-state index in [1.54, 1.807) is 0 Å². The number of anilines is 1. The van der Waals surface area contributed by atoms with Gasteiger partial charge in [-0.05, 0) is 0 Å². The summed E-state index contributed by atoms with van der Waals surface area (Å²) >= 11 is 5.31. The molecule has 0 radical (unpaired) electrons. The SMILES string of the molecule is C#Cc1cnc(Cl)c(F)c1N. The average molecular weight is 171 g/mol. The molecule has 1 aromatic rings. The van der Waals surface area contributed by atoms with Gasteiger partial charge in [0.2, 0.25) is 0 Å². The van der Waals surface area contributed by atoms with Crippen molar-refractivity contribution in [3.05, 3.63) is 22.7 Å². The first kappa shape index (κ1) is 7.83. The number of nitrogens with zero attached hydrogens (tertiary/aromatic N) is 1. The molecule has 1 rings (SSSR count). The Bertz CT molecular complexity index is 330. The minimum Gasteiger partial charge on any atom is -0.395 e. The van der Waals surface area contributed by atoms with Crippen LogP contribution in [0.15, 0.2) is 6.20 Å². The zero-order valence-corrected chi connectivity index (χ0v) is 6.19. The molecule has 0 aromatic carbocycles. The van der Waals surface area contributed by atoms with Gasteiger partial charge in [-0.25, -0.2) is 9.37 Å².